The van der Waals surface area contributed by atoms with E-state index in [2.05, 4.69) is 4.72 Å². The molecule has 0 aliphatic rings. The number of rotatable bonds is 6. The van der Waals surface area contributed by atoms with Gasteiger partial charge in [0.25, 0.3) is 10.0 Å². The number of anilines is 1. The lowest BCUT2D eigenvalue weighted by Gasteiger charge is -2.11. The van der Waals surface area contributed by atoms with Crippen LogP contribution in [0.2, 0.25) is 0 Å². The van der Waals surface area contributed by atoms with Gasteiger partial charge in [-0.1, -0.05) is 24.3 Å². The van der Waals surface area contributed by atoms with E-state index in [9.17, 15) is 8.42 Å². The largest absolute Gasteiger partial charge is 0.330 e. The van der Waals surface area contributed by atoms with E-state index in [4.69, 9.17) is 5.73 Å². The van der Waals surface area contributed by atoms with Gasteiger partial charge in [-0.15, -0.1) is 11.8 Å². The summed E-state index contributed by atoms with van der Waals surface area (Å²) >= 11 is 1.50. The Morgan fingerprint density at radius 2 is 1.76 bits per heavy atom. The third-order valence-corrected chi connectivity index (χ3v) is 5.20. The number of hydrogen-bond donors (Lipinski definition) is 2. The van der Waals surface area contributed by atoms with Gasteiger partial charge < -0.3 is 5.73 Å². The maximum absolute atomic E-state index is 12.4. The molecule has 0 amide bonds. The highest BCUT2D eigenvalue weighted by molar-refractivity contribution is 7.99. The van der Waals surface area contributed by atoms with Crippen LogP contribution in [0.4, 0.5) is 5.69 Å². The number of nitrogens with two attached hydrogens (primary N) is 1. The molecule has 0 fully saturated rings. The van der Waals surface area contributed by atoms with Crippen LogP contribution >= 0.6 is 11.8 Å². The molecule has 0 aliphatic carbocycles. The molecule has 0 aliphatic heterocycles. The van der Waals surface area contributed by atoms with E-state index in [0.717, 1.165) is 16.9 Å². The molecular formula is C15H18N2O2S2. The van der Waals surface area contributed by atoms with Crippen LogP contribution in [0.25, 0.3) is 0 Å². The highest BCUT2D eigenvalue weighted by Crippen LogP contribution is 2.27. The lowest BCUT2D eigenvalue weighted by molar-refractivity contribution is 0.601. The first-order chi connectivity index (χ1) is 10.1. The van der Waals surface area contributed by atoms with Crippen molar-refractivity contribution in [1.29, 1.82) is 0 Å². The van der Waals surface area contributed by atoms with Gasteiger partial charge in [0.1, 0.15) is 0 Å². The van der Waals surface area contributed by atoms with Crippen molar-refractivity contribution in [3.63, 3.8) is 0 Å². The minimum absolute atomic E-state index is 0.249. The van der Waals surface area contributed by atoms with Crippen molar-refractivity contribution in [2.24, 2.45) is 5.73 Å². The number of para-hydroxylation sites is 1. The van der Waals surface area contributed by atoms with Gasteiger partial charge in [0.15, 0.2) is 0 Å². The van der Waals surface area contributed by atoms with Crippen LogP contribution in [0.15, 0.2) is 58.3 Å². The maximum atomic E-state index is 12.4. The standard InChI is InChI=1S/C15H18N2O2S2/c1-20-15-5-3-2-4-14(15)17-21(18,19)13-8-6-12(7-9-13)10-11-16/h2-9,17H,10-11,16H2,1H3. The molecule has 0 unspecified atom stereocenters. The molecule has 3 N–H and O–H groups in total. The Kier molecular flexibility index (Phi) is 5.27. The summed E-state index contributed by atoms with van der Waals surface area (Å²) < 4.78 is 27.4. The van der Waals surface area contributed by atoms with Crippen LogP contribution in [-0.2, 0) is 16.4 Å². The lowest BCUT2D eigenvalue weighted by atomic mass is 10.2. The number of sulfonamides is 1. The lowest BCUT2D eigenvalue weighted by Crippen LogP contribution is -2.13. The van der Waals surface area contributed by atoms with Crippen LogP contribution in [0.5, 0.6) is 0 Å². The Balaban J connectivity index is 2.25. The molecule has 21 heavy (non-hydrogen) atoms. The van der Waals surface area contributed by atoms with Gasteiger partial charge >= 0.3 is 0 Å². The second-order valence-corrected chi connectivity index (χ2v) is 7.02. The van der Waals surface area contributed by atoms with E-state index in [1.807, 2.05) is 24.5 Å². The van der Waals surface area contributed by atoms with Gasteiger partial charge in [-0.05, 0) is 49.1 Å². The molecule has 6 heteroatoms. The molecule has 2 rings (SSSR count). The SMILES string of the molecule is CSc1ccccc1NS(=O)(=O)c1ccc(CCN)cc1. The number of nitrogens with one attached hydrogen (secondary N) is 1. The predicted octanol–water partition coefficient (Wildman–Crippen LogP) is 2.71. The highest BCUT2D eigenvalue weighted by atomic mass is 32.2. The Morgan fingerprint density at radius 1 is 1.10 bits per heavy atom. The first kappa shape index (κ1) is 15.9. The zero-order valence-corrected chi connectivity index (χ0v) is 13.4. The van der Waals surface area contributed by atoms with Crippen LogP contribution in [0.3, 0.4) is 0 Å². The molecule has 2 aromatic rings. The molecule has 0 saturated carbocycles. The maximum Gasteiger partial charge on any atom is 0.261 e. The fraction of sp³-hybridized carbons (Fsp3) is 0.200. The fourth-order valence-corrected chi connectivity index (χ4v) is 3.63. The van der Waals surface area contributed by atoms with Crippen molar-refractivity contribution in [3.8, 4) is 0 Å². The Hall–Kier alpha value is -1.50. The summed E-state index contributed by atoms with van der Waals surface area (Å²) in [7, 11) is -3.57. The van der Waals surface area contributed by atoms with E-state index < -0.39 is 10.0 Å². The molecule has 0 bridgehead atoms. The van der Waals surface area contributed by atoms with Gasteiger partial charge in [-0.2, -0.15) is 0 Å². The number of benzene rings is 2. The van der Waals surface area contributed by atoms with Crippen LogP contribution in [0.1, 0.15) is 5.56 Å². The van der Waals surface area contributed by atoms with Gasteiger partial charge in [0.2, 0.25) is 0 Å². The Bertz CT molecular complexity index is 698. The predicted molar refractivity (Wildman–Crippen MR) is 88.2 cm³/mol. The molecule has 0 heterocycles. The van der Waals surface area contributed by atoms with Gasteiger partial charge in [0, 0.05) is 4.90 Å². The van der Waals surface area contributed by atoms with Gasteiger partial charge in [-0.25, -0.2) is 8.42 Å². The molecule has 0 spiro atoms. The summed E-state index contributed by atoms with van der Waals surface area (Å²) in [6.45, 7) is 0.547. The summed E-state index contributed by atoms with van der Waals surface area (Å²) in [5.41, 5.74) is 7.11. The van der Waals surface area contributed by atoms with E-state index >= 15 is 0 Å². The number of thioether (sulfide) groups is 1. The van der Waals surface area contributed by atoms with E-state index in [0.29, 0.717) is 12.2 Å². The van der Waals surface area contributed by atoms with Crippen LogP contribution < -0.4 is 10.5 Å². The summed E-state index contributed by atoms with van der Waals surface area (Å²) in [5.74, 6) is 0. The van der Waals surface area contributed by atoms with Crippen LogP contribution in [0, 0.1) is 0 Å². The summed E-state index contributed by atoms with van der Waals surface area (Å²) in [5, 5.41) is 0. The molecule has 0 radical (unpaired) electrons. The van der Waals surface area contributed by atoms with Gasteiger partial charge in [-0.3, -0.25) is 4.72 Å². The van der Waals surface area contributed by atoms with Crippen molar-refractivity contribution >= 4 is 27.5 Å². The second-order valence-electron chi connectivity index (χ2n) is 4.49. The first-order valence-electron chi connectivity index (χ1n) is 6.51. The Morgan fingerprint density at radius 3 is 2.38 bits per heavy atom. The van der Waals surface area contributed by atoms with Crippen molar-refractivity contribution in [2.75, 3.05) is 17.5 Å². The average molecular weight is 322 g/mol. The van der Waals surface area contributed by atoms with E-state index in [1.165, 1.54) is 11.8 Å². The quantitative estimate of drug-likeness (QED) is 0.802. The fourth-order valence-electron chi connectivity index (χ4n) is 1.93. The molecule has 4 nitrogen and oxygen atoms in total. The van der Waals surface area contributed by atoms with Crippen molar-refractivity contribution < 1.29 is 8.42 Å². The number of hydrogen-bond acceptors (Lipinski definition) is 4. The monoisotopic (exact) mass is 322 g/mol. The topological polar surface area (TPSA) is 72.2 Å². The third kappa shape index (κ3) is 4.00. The molecule has 0 atom stereocenters. The zero-order chi connectivity index (χ0) is 15.3. The molecular weight excluding hydrogens is 304 g/mol. The molecule has 2 aromatic carbocycles. The highest BCUT2D eigenvalue weighted by Gasteiger charge is 2.15. The molecule has 0 saturated heterocycles. The summed E-state index contributed by atoms with van der Waals surface area (Å²) in [6.07, 6.45) is 2.65. The minimum atomic E-state index is -3.57. The van der Waals surface area contributed by atoms with E-state index in [-0.39, 0.29) is 4.90 Å². The summed E-state index contributed by atoms with van der Waals surface area (Å²) in [6, 6.07) is 14.1. The van der Waals surface area contributed by atoms with Gasteiger partial charge in [0.05, 0.1) is 10.6 Å². The molecule has 0 aromatic heterocycles. The zero-order valence-electron chi connectivity index (χ0n) is 11.7. The Labute approximate surface area is 129 Å². The van der Waals surface area contributed by atoms with Crippen molar-refractivity contribution in [3.05, 3.63) is 54.1 Å². The second kappa shape index (κ2) is 6.98. The first-order valence-corrected chi connectivity index (χ1v) is 9.22. The summed E-state index contributed by atoms with van der Waals surface area (Å²) in [4.78, 5) is 1.14. The normalized spacial score (nSPS) is 11.3. The third-order valence-electron chi connectivity index (χ3n) is 3.02. The van der Waals surface area contributed by atoms with Crippen molar-refractivity contribution in [1.82, 2.24) is 0 Å². The minimum Gasteiger partial charge on any atom is -0.330 e. The molecule has 112 valence electrons. The van der Waals surface area contributed by atoms with Crippen LogP contribution in [-0.4, -0.2) is 21.2 Å². The smallest absolute Gasteiger partial charge is 0.261 e. The average Bonchev–Trinajstić information content (AvgIpc) is 2.48. The van der Waals surface area contributed by atoms with Crippen molar-refractivity contribution in [2.45, 2.75) is 16.2 Å². The van der Waals surface area contributed by atoms with E-state index in [1.54, 1.807) is 30.3 Å².